The maximum atomic E-state index is 14.1. The average molecular weight is 444 g/mol. The number of halogens is 2. The summed E-state index contributed by atoms with van der Waals surface area (Å²) < 4.78 is 17.2. The summed E-state index contributed by atoms with van der Waals surface area (Å²) in [7, 11) is 0. The Morgan fingerprint density at radius 3 is 2.75 bits per heavy atom. The van der Waals surface area contributed by atoms with Crippen LogP contribution in [-0.4, -0.2) is 24.3 Å². The predicted octanol–water partition coefficient (Wildman–Crippen LogP) is 3.44. The topological polar surface area (TPSA) is 95.8 Å². The number of hydrogen-bond acceptors (Lipinski definition) is 5. The van der Waals surface area contributed by atoms with Crippen LogP contribution in [0.2, 0.25) is 0 Å². The van der Waals surface area contributed by atoms with E-state index < -0.39 is 16.3 Å². The Morgan fingerprint density at radius 2 is 2.00 bits per heavy atom. The molecule has 0 N–H and O–H groups in total. The Balaban J connectivity index is 1.81. The highest BCUT2D eigenvalue weighted by atomic mass is 79.9. The molecule has 0 radical (unpaired) electrons. The van der Waals surface area contributed by atoms with E-state index in [0.717, 1.165) is 0 Å². The molecule has 4 rings (SSSR count). The molecule has 0 saturated heterocycles. The van der Waals surface area contributed by atoms with E-state index in [2.05, 4.69) is 26.0 Å². The van der Waals surface area contributed by atoms with Crippen LogP contribution in [0.1, 0.15) is 5.56 Å². The Hall–Kier alpha value is -3.40. The molecule has 0 amide bonds. The van der Waals surface area contributed by atoms with Crippen molar-refractivity contribution in [2.75, 3.05) is 0 Å². The van der Waals surface area contributed by atoms with E-state index in [1.54, 1.807) is 24.3 Å². The normalized spacial score (nSPS) is 11.1. The molecule has 2 heterocycles. The maximum absolute atomic E-state index is 14.1. The van der Waals surface area contributed by atoms with Crippen LogP contribution in [0.15, 0.2) is 64.3 Å². The van der Waals surface area contributed by atoms with Crippen molar-refractivity contribution >= 4 is 32.7 Å². The fourth-order valence-corrected chi connectivity index (χ4v) is 3.20. The monoisotopic (exact) mass is 443 g/mol. The fraction of sp³-hybridized carbons (Fsp3) is 0.0556. The van der Waals surface area contributed by atoms with Gasteiger partial charge in [0.25, 0.3) is 11.2 Å². The molecule has 0 saturated carbocycles. The van der Waals surface area contributed by atoms with Crippen LogP contribution in [0.4, 0.5) is 10.1 Å². The van der Waals surface area contributed by atoms with Crippen molar-refractivity contribution < 1.29 is 9.31 Å². The van der Waals surface area contributed by atoms with Gasteiger partial charge in [0, 0.05) is 16.1 Å². The van der Waals surface area contributed by atoms with Crippen LogP contribution >= 0.6 is 15.9 Å². The number of rotatable bonds is 4. The predicted molar refractivity (Wildman–Crippen MR) is 103 cm³/mol. The van der Waals surface area contributed by atoms with E-state index in [9.17, 15) is 19.3 Å². The maximum Gasteiger partial charge on any atom is 0.294 e. The summed E-state index contributed by atoms with van der Waals surface area (Å²) >= 11 is 3.19. The SMILES string of the molecule is O=c1c2cnn(-c3ccccc3[N+](=O)[O-])c2ncn1Cc1ccc(Br)cc1F. The Morgan fingerprint density at radius 1 is 1.21 bits per heavy atom. The first kappa shape index (κ1) is 18.0. The van der Waals surface area contributed by atoms with E-state index in [-0.39, 0.29) is 29.0 Å². The van der Waals surface area contributed by atoms with E-state index in [0.29, 0.717) is 10.0 Å². The standard InChI is InChI=1S/C18H11BrFN5O3/c19-12-6-5-11(14(20)7-12)9-23-10-21-17-13(18(23)26)8-22-24(17)15-3-1-2-4-16(15)25(27)28/h1-8,10H,9H2. The average Bonchev–Trinajstić information content (AvgIpc) is 3.10. The number of nitro benzene ring substituents is 1. The minimum absolute atomic E-state index is 0.00243. The van der Waals surface area contributed by atoms with Crippen LogP contribution < -0.4 is 5.56 Å². The van der Waals surface area contributed by atoms with Crippen LogP contribution in [0.25, 0.3) is 16.7 Å². The van der Waals surface area contributed by atoms with Crippen molar-refractivity contribution in [3.63, 3.8) is 0 Å². The molecule has 0 spiro atoms. The number of benzene rings is 2. The van der Waals surface area contributed by atoms with Gasteiger partial charge in [0.05, 0.1) is 17.7 Å². The highest BCUT2D eigenvalue weighted by Crippen LogP contribution is 2.24. The molecule has 28 heavy (non-hydrogen) atoms. The van der Waals surface area contributed by atoms with Gasteiger partial charge in [-0.15, -0.1) is 0 Å². The molecule has 10 heteroatoms. The lowest BCUT2D eigenvalue weighted by molar-refractivity contribution is -0.384. The summed E-state index contributed by atoms with van der Waals surface area (Å²) in [5, 5.41) is 15.6. The van der Waals surface area contributed by atoms with Gasteiger partial charge in [0.1, 0.15) is 23.2 Å². The van der Waals surface area contributed by atoms with Gasteiger partial charge in [0.15, 0.2) is 5.65 Å². The van der Waals surface area contributed by atoms with Gasteiger partial charge in [-0.2, -0.15) is 5.10 Å². The van der Waals surface area contributed by atoms with Crippen molar-refractivity contribution in [1.82, 2.24) is 19.3 Å². The third kappa shape index (κ3) is 3.07. The summed E-state index contributed by atoms with van der Waals surface area (Å²) in [4.78, 5) is 27.8. The third-order valence-corrected chi connectivity index (χ3v) is 4.71. The lowest BCUT2D eigenvalue weighted by atomic mass is 10.2. The molecule has 140 valence electrons. The molecular formula is C18H11BrFN5O3. The number of fused-ring (bicyclic) bond motifs is 1. The third-order valence-electron chi connectivity index (χ3n) is 4.22. The van der Waals surface area contributed by atoms with Crippen LogP contribution in [0, 0.1) is 15.9 Å². The lowest BCUT2D eigenvalue weighted by Crippen LogP contribution is -2.21. The Kier molecular flexibility index (Phi) is 4.47. The minimum Gasteiger partial charge on any atom is -0.294 e. The lowest BCUT2D eigenvalue weighted by Gasteiger charge is -2.08. The quantitative estimate of drug-likeness (QED) is 0.355. The van der Waals surface area contributed by atoms with Gasteiger partial charge >= 0.3 is 0 Å². The number of hydrogen-bond donors (Lipinski definition) is 0. The van der Waals surface area contributed by atoms with E-state index in [1.807, 2.05) is 0 Å². The number of nitrogens with zero attached hydrogens (tertiary/aromatic N) is 5. The summed E-state index contributed by atoms with van der Waals surface area (Å²) in [5.74, 6) is -0.447. The van der Waals surface area contributed by atoms with Gasteiger partial charge in [-0.1, -0.05) is 34.1 Å². The van der Waals surface area contributed by atoms with Crippen molar-refractivity contribution in [2.45, 2.75) is 6.54 Å². The fourth-order valence-electron chi connectivity index (χ4n) is 2.87. The van der Waals surface area contributed by atoms with Crippen molar-refractivity contribution in [2.24, 2.45) is 0 Å². The first-order chi connectivity index (χ1) is 13.5. The van der Waals surface area contributed by atoms with E-state index in [4.69, 9.17) is 0 Å². The minimum atomic E-state index is -0.527. The van der Waals surface area contributed by atoms with Crippen molar-refractivity contribution in [1.29, 1.82) is 0 Å². The number of aromatic nitrogens is 4. The summed E-state index contributed by atoms with van der Waals surface area (Å²) in [6, 6.07) is 10.6. The van der Waals surface area contributed by atoms with Crippen molar-refractivity contribution in [3.8, 4) is 5.69 Å². The zero-order valence-corrected chi connectivity index (χ0v) is 15.7. The molecular weight excluding hydrogens is 433 g/mol. The highest BCUT2D eigenvalue weighted by Gasteiger charge is 2.19. The Bertz CT molecular complexity index is 1280. The van der Waals surface area contributed by atoms with Gasteiger partial charge in [-0.3, -0.25) is 19.5 Å². The first-order valence-corrected chi connectivity index (χ1v) is 8.86. The molecule has 0 aliphatic carbocycles. The van der Waals surface area contributed by atoms with Crippen LogP contribution in [-0.2, 0) is 6.54 Å². The summed E-state index contributed by atoms with van der Waals surface area (Å²) in [6.45, 7) is -0.00243. The molecule has 8 nitrogen and oxygen atoms in total. The second-order valence-electron chi connectivity index (χ2n) is 5.95. The molecule has 0 atom stereocenters. The van der Waals surface area contributed by atoms with Gasteiger partial charge < -0.3 is 0 Å². The van der Waals surface area contributed by atoms with Crippen LogP contribution in [0.5, 0.6) is 0 Å². The van der Waals surface area contributed by atoms with Gasteiger partial charge in [-0.25, -0.2) is 14.1 Å². The molecule has 4 aromatic rings. The summed E-state index contributed by atoms with van der Waals surface area (Å²) in [6.07, 6.45) is 2.58. The zero-order valence-electron chi connectivity index (χ0n) is 14.1. The van der Waals surface area contributed by atoms with E-state index >= 15 is 0 Å². The van der Waals surface area contributed by atoms with E-state index in [1.165, 1.54) is 40.0 Å². The largest absolute Gasteiger partial charge is 0.294 e. The number of nitro groups is 1. The van der Waals surface area contributed by atoms with Crippen molar-refractivity contribution in [3.05, 3.63) is 91.3 Å². The Labute approximate surface area is 165 Å². The molecule has 0 fully saturated rings. The molecule has 2 aromatic carbocycles. The molecule has 0 aliphatic rings. The molecule has 0 bridgehead atoms. The smallest absolute Gasteiger partial charge is 0.294 e. The highest BCUT2D eigenvalue weighted by molar-refractivity contribution is 9.10. The first-order valence-electron chi connectivity index (χ1n) is 8.06. The zero-order chi connectivity index (χ0) is 19.8. The summed E-state index contributed by atoms with van der Waals surface area (Å²) in [5.41, 5.74) is 0.142. The van der Waals surface area contributed by atoms with Gasteiger partial charge in [-0.05, 0) is 18.2 Å². The molecule has 0 aliphatic heterocycles. The van der Waals surface area contributed by atoms with Gasteiger partial charge in [0.2, 0.25) is 0 Å². The molecule has 2 aromatic heterocycles. The number of para-hydroxylation sites is 2. The van der Waals surface area contributed by atoms with Crippen LogP contribution in [0.3, 0.4) is 0 Å². The second-order valence-corrected chi connectivity index (χ2v) is 6.87. The second kappa shape index (κ2) is 6.97. The molecule has 0 unspecified atom stereocenters.